The van der Waals surface area contributed by atoms with Gasteiger partial charge < -0.3 is 0 Å². The molecule has 0 aliphatic heterocycles. The summed E-state index contributed by atoms with van der Waals surface area (Å²) in [4.78, 5) is 11.4. The van der Waals surface area contributed by atoms with E-state index in [0.717, 1.165) is 11.3 Å². The molecular formula is C21H23ClNO5+. The standard InChI is InChI=1S/C21H20NO.ClH3O4/c1-15-13-20(19-7-5-4-6-8-19)14-16(2)22(15)21-11-9-18(10-12-21)17(3)23;2-1(3,4)5/h4-14H,1-3H3;2-4H/q+1;. The van der Waals surface area contributed by atoms with Gasteiger partial charge in [0, 0.05) is 43.7 Å². The SMILES string of the molecule is CC(=O)c1ccc(-[n+]2c(C)cc(-c3ccccc3)cc2C)cc1.[O-][Cl+](O)(O)O. The van der Waals surface area contributed by atoms with Crippen molar-refractivity contribution in [2.75, 3.05) is 0 Å². The van der Waals surface area contributed by atoms with Crippen LogP contribution >= 0.6 is 0 Å². The normalized spacial score (nSPS) is 11.4. The maximum atomic E-state index is 11.4. The number of rotatable bonds is 3. The summed E-state index contributed by atoms with van der Waals surface area (Å²) >= 11 is 0. The van der Waals surface area contributed by atoms with Crippen LogP contribution in [0.2, 0.25) is 0 Å². The fourth-order valence-electron chi connectivity index (χ4n) is 2.95. The summed E-state index contributed by atoms with van der Waals surface area (Å²) in [5.41, 5.74) is 6.59. The van der Waals surface area contributed by atoms with Crippen molar-refractivity contribution >= 4 is 5.78 Å². The summed E-state index contributed by atoms with van der Waals surface area (Å²) in [5, 5.41) is 0. The van der Waals surface area contributed by atoms with Gasteiger partial charge in [-0.25, -0.2) is 0 Å². The zero-order valence-electron chi connectivity index (χ0n) is 15.8. The Labute approximate surface area is 165 Å². The van der Waals surface area contributed by atoms with Crippen LogP contribution in [0.4, 0.5) is 0 Å². The van der Waals surface area contributed by atoms with Crippen molar-refractivity contribution in [2.45, 2.75) is 20.8 Å². The zero-order valence-corrected chi connectivity index (χ0v) is 16.6. The van der Waals surface area contributed by atoms with Crippen LogP contribution in [-0.2, 0) is 0 Å². The predicted octanol–water partition coefficient (Wildman–Crippen LogP) is 1.59. The van der Waals surface area contributed by atoms with Crippen molar-refractivity contribution in [1.29, 1.82) is 0 Å². The maximum absolute atomic E-state index is 11.4. The van der Waals surface area contributed by atoms with Crippen molar-refractivity contribution in [3.63, 3.8) is 0 Å². The van der Waals surface area contributed by atoms with Crippen LogP contribution in [0.1, 0.15) is 28.7 Å². The summed E-state index contributed by atoms with van der Waals surface area (Å²) in [6, 6.07) is 22.6. The summed E-state index contributed by atoms with van der Waals surface area (Å²) in [6.45, 7) is 5.81. The molecule has 0 amide bonds. The first-order chi connectivity index (χ1) is 13.1. The molecule has 0 aliphatic carbocycles. The number of halogens is 1. The van der Waals surface area contributed by atoms with Crippen LogP contribution < -0.4 is 9.23 Å². The summed E-state index contributed by atoms with van der Waals surface area (Å²) in [7, 11) is -4.19. The molecule has 0 unspecified atom stereocenters. The Balaban J connectivity index is 0.000000500. The van der Waals surface area contributed by atoms with E-state index >= 15 is 0 Å². The molecule has 2 aromatic carbocycles. The molecule has 0 radical (unpaired) electrons. The van der Waals surface area contributed by atoms with Crippen molar-refractivity contribution in [1.82, 2.24) is 0 Å². The number of Topliss-reactive ketones (excluding diaryl/α,β-unsaturated/α-hetero) is 1. The van der Waals surface area contributed by atoms with Gasteiger partial charge in [-0.15, -0.1) is 0 Å². The first-order valence-electron chi connectivity index (χ1n) is 8.42. The van der Waals surface area contributed by atoms with Crippen molar-refractivity contribution in [2.24, 2.45) is 0 Å². The van der Waals surface area contributed by atoms with E-state index in [1.165, 1.54) is 22.5 Å². The van der Waals surface area contributed by atoms with Gasteiger partial charge in [0.1, 0.15) is 0 Å². The topological polar surface area (TPSA) is 105 Å². The first kappa shape index (κ1) is 21.7. The zero-order chi connectivity index (χ0) is 20.9. The van der Waals surface area contributed by atoms with E-state index in [2.05, 4.69) is 54.8 Å². The first-order valence-corrected chi connectivity index (χ1v) is 9.75. The molecule has 0 bridgehead atoms. The Morgan fingerprint density at radius 3 is 1.75 bits per heavy atom. The van der Waals surface area contributed by atoms with Crippen molar-refractivity contribution in [3.8, 4) is 16.8 Å². The average molecular weight is 405 g/mol. The average Bonchev–Trinajstić information content (AvgIpc) is 2.61. The minimum atomic E-state index is -4.19. The Morgan fingerprint density at radius 1 is 0.857 bits per heavy atom. The number of nitrogens with zero attached hydrogens (tertiary/aromatic N) is 1. The van der Waals surface area contributed by atoms with Gasteiger partial charge in [-0.05, 0) is 30.2 Å². The molecule has 7 heteroatoms. The minimum absolute atomic E-state index is 0.0921. The van der Waals surface area contributed by atoms with E-state index in [1.807, 2.05) is 30.3 Å². The monoisotopic (exact) mass is 404 g/mol. The van der Waals surface area contributed by atoms with Gasteiger partial charge in [0.25, 0.3) is 0 Å². The number of pyridine rings is 1. The van der Waals surface area contributed by atoms with Gasteiger partial charge in [-0.3, -0.25) is 4.79 Å². The van der Waals surface area contributed by atoms with Gasteiger partial charge in [0.2, 0.25) is 5.69 Å². The second kappa shape index (κ2) is 9.05. The summed E-state index contributed by atoms with van der Waals surface area (Å²) in [6.07, 6.45) is 0. The van der Waals surface area contributed by atoms with Crippen molar-refractivity contribution in [3.05, 3.63) is 83.7 Å². The Morgan fingerprint density at radius 2 is 1.32 bits per heavy atom. The quantitative estimate of drug-likeness (QED) is 0.454. The fraction of sp³-hybridized carbons (Fsp3) is 0.143. The van der Waals surface area contributed by atoms with Crippen molar-refractivity contribution < 1.29 is 38.2 Å². The third-order valence-corrected chi connectivity index (χ3v) is 4.07. The van der Waals surface area contributed by atoms with E-state index in [4.69, 9.17) is 18.6 Å². The van der Waals surface area contributed by atoms with Crippen LogP contribution in [0.25, 0.3) is 16.8 Å². The number of benzene rings is 2. The summed E-state index contributed by atoms with van der Waals surface area (Å²) in [5.74, 6) is 0.0921. The number of hydrogen-bond donors (Lipinski definition) is 3. The van der Waals surface area contributed by atoms with Crippen LogP contribution in [0.3, 0.4) is 0 Å². The van der Waals surface area contributed by atoms with Gasteiger partial charge >= 0.3 is 28.9 Å². The van der Waals surface area contributed by atoms with Gasteiger partial charge in [0.15, 0.2) is 17.2 Å². The molecule has 0 atom stereocenters. The molecule has 0 spiro atoms. The molecule has 0 saturated heterocycles. The molecule has 0 aliphatic rings. The van der Waals surface area contributed by atoms with Gasteiger partial charge in [0.05, 0.1) is 0 Å². The second-order valence-corrected chi connectivity index (χ2v) is 7.13. The van der Waals surface area contributed by atoms with Crippen LogP contribution in [0.5, 0.6) is 0 Å². The molecule has 3 rings (SSSR count). The predicted molar refractivity (Wildman–Crippen MR) is 99.5 cm³/mol. The van der Waals surface area contributed by atoms with E-state index in [0.29, 0.717) is 0 Å². The molecule has 6 nitrogen and oxygen atoms in total. The molecule has 1 heterocycles. The molecule has 3 N–H and O–H groups in total. The number of ketones is 1. The molecule has 0 fully saturated rings. The number of hydrogen-bond acceptors (Lipinski definition) is 5. The molecule has 3 aromatic rings. The molecular weight excluding hydrogens is 382 g/mol. The number of carbonyl (C=O) groups is 1. The third-order valence-electron chi connectivity index (χ3n) is 4.07. The number of aryl methyl sites for hydroxylation is 2. The Kier molecular flexibility index (Phi) is 7.01. The fourth-order valence-corrected chi connectivity index (χ4v) is 2.95. The third kappa shape index (κ3) is 6.23. The molecule has 148 valence electrons. The van der Waals surface area contributed by atoms with Crippen LogP contribution in [0.15, 0.2) is 66.7 Å². The van der Waals surface area contributed by atoms with Gasteiger partial charge in [-0.2, -0.15) is 4.57 Å². The van der Waals surface area contributed by atoms with E-state index < -0.39 is 10.2 Å². The van der Waals surface area contributed by atoms with E-state index in [9.17, 15) is 4.79 Å². The van der Waals surface area contributed by atoms with Gasteiger partial charge in [-0.1, -0.05) is 30.3 Å². The Hall–Kier alpha value is -2.61. The van der Waals surface area contributed by atoms with E-state index in [-0.39, 0.29) is 5.78 Å². The molecule has 1 aromatic heterocycles. The van der Waals surface area contributed by atoms with Crippen LogP contribution in [0, 0.1) is 24.1 Å². The van der Waals surface area contributed by atoms with Crippen LogP contribution in [-0.4, -0.2) is 19.8 Å². The Bertz CT molecular complexity index is 922. The molecule has 0 saturated carbocycles. The number of aromatic nitrogens is 1. The second-order valence-electron chi connectivity index (χ2n) is 6.27. The molecule has 28 heavy (non-hydrogen) atoms. The summed E-state index contributed by atoms with van der Waals surface area (Å²) < 4.78 is 32.4. The number of carbonyl (C=O) groups excluding carboxylic acids is 1. The van der Waals surface area contributed by atoms with E-state index in [1.54, 1.807) is 6.92 Å².